The molecule has 2 aromatic rings. The molecular weight excluding hydrogens is 334 g/mol. The number of carbonyl (C=O) groups excluding carboxylic acids is 1. The van der Waals surface area contributed by atoms with E-state index < -0.39 is 0 Å². The molecule has 0 saturated carbocycles. The van der Waals surface area contributed by atoms with Crippen LogP contribution >= 0.6 is 11.3 Å². The SMILES string of the molecule is Nc1nc(COC(=O)C2CC=CCC2)nc2sc3c(c12)CCCCC3. The second kappa shape index (κ2) is 7.12. The number of aromatic nitrogens is 2. The van der Waals surface area contributed by atoms with Crippen LogP contribution in [0.1, 0.15) is 54.8 Å². The Morgan fingerprint density at radius 2 is 2.12 bits per heavy atom. The molecule has 0 amide bonds. The predicted molar refractivity (Wildman–Crippen MR) is 99.4 cm³/mol. The van der Waals surface area contributed by atoms with Gasteiger partial charge in [0.25, 0.3) is 0 Å². The highest BCUT2D eigenvalue weighted by Crippen LogP contribution is 2.37. The van der Waals surface area contributed by atoms with Gasteiger partial charge in [-0.2, -0.15) is 0 Å². The minimum absolute atomic E-state index is 0.0381. The van der Waals surface area contributed by atoms with E-state index in [4.69, 9.17) is 10.5 Å². The average Bonchev–Trinajstić information content (AvgIpc) is 2.82. The van der Waals surface area contributed by atoms with Gasteiger partial charge in [-0.05, 0) is 50.5 Å². The molecule has 1 unspecified atom stereocenters. The number of ether oxygens (including phenoxy) is 1. The molecule has 0 bridgehead atoms. The van der Waals surface area contributed by atoms with Crippen LogP contribution in [0.3, 0.4) is 0 Å². The topological polar surface area (TPSA) is 78.1 Å². The molecule has 0 aliphatic heterocycles. The summed E-state index contributed by atoms with van der Waals surface area (Å²) in [5.41, 5.74) is 7.57. The molecule has 0 saturated heterocycles. The van der Waals surface area contributed by atoms with Gasteiger partial charge in [-0.3, -0.25) is 4.79 Å². The molecule has 2 N–H and O–H groups in total. The number of esters is 1. The van der Waals surface area contributed by atoms with Crippen molar-refractivity contribution in [3.8, 4) is 0 Å². The summed E-state index contributed by atoms with van der Waals surface area (Å²) in [6.07, 6.45) is 12.6. The maximum Gasteiger partial charge on any atom is 0.309 e. The number of nitrogen functional groups attached to an aromatic ring is 1. The lowest BCUT2D eigenvalue weighted by molar-refractivity contribution is -0.150. The van der Waals surface area contributed by atoms with Crippen LogP contribution in [0.5, 0.6) is 0 Å². The lowest BCUT2D eigenvalue weighted by atomic mass is 9.95. The number of anilines is 1. The van der Waals surface area contributed by atoms with Crippen LogP contribution in [-0.4, -0.2) is 15.9 Å². The van der Waals surface area contributed by atoms with Gasteiger partial charge in [0.2, 0.25) is 0 Å². The van der Waals surface area contributed by atoms with E-state index in [1.807, 2.05) is 0 Å². The van der Waals surface area contributed by atoms with Crippen molar-refractivity contribution >= 4 is 33.3 Å². The van der Waals surface area contributed by atoms with E-state index in [0.29, 0.717) is 11.6 Å². The van der Waals surface area contributed by atoms with Crippen molar-refractivity contribution in [1.29, 1.82) is 0 Å². The van der Waals surface area contributed by atoms with E-state index in [1.165, 1.54) is 29.7 Å². The van der Waals surface area contributed by atoms with Gasteiger partial charge in [0.15, 0.2) is 12.4 Å². The lowest BCUT2D eigenvalue weighted by Crippen LogP contribution is -2.19. The smallest absolute Gasteiger partial charge is 0.309 e. The molecule has 2 aliphatic rings. The quantitative estimate of drug-likeness (QED) is 0.511. The Kier molecular flexibility index (Phi) is 4.70. The van der Waals surface area contributed by atoms with Crippen molar-refractivity contribution in [1.82, 2.24) is 9.97 Å². The zero-order chi connectivity index (χ0) is 17.2. The zero-order valence-electron chi connectivity index (χ0n) is 14.3. The van der Waals surface area contributed by atoms with Crippen LogP contribution in [0.25, 0.3) is 10.2 Å². The number of carbonyl (C=O) groups is 1. The molecule has 2 aliphatic carbocycles. The summed E-state index contributed by atoms with van der Waals surface area (Å²) in [4.78, 5) is 23.5. The number of aryl methyl sites for hydroxylation is 2. The van der Waals surface area contributed by atoms with Gasteiger partial charge in [-0.1, -0.05) is 18.6 Å². The molecule has 0 aromatic carbocycles. The summed E-state index contributed by atoms with van der Waals surface area (Å²) in [6, 6.07) is 0. The van der Waals surface area contributed by atoms with Crippen molar-refractivity contribution in [2.75, 3.05) is 5.73 Å². The van der Waals surface area contributed by atoms with E-state index >= 15 is 0 Å². The third-order valence-corrected chi connectivity index (χ3v) is 6.27. The Bertz CT molecular complexity index is 828. The summed E-state index contributed by atoms with van der Waals surface area (Å²) < 4.78 is 5.44. The molecule has 1 atom stereocenters. The molecule has 0 fully saturated rings. The summed E-state index contributed by atoms with van der Waals surface area (Å²) in [5, 5.41) is 1.02. The van der Waals surface area contributed by atoms with Crippen LogP contribution in [-0.2, 0) is 29.0 Å². The monoisotopic (exact) mass is 357 g/mol. The summed E-state index contributed by atoms with van der Waals surface area (Å²) in [7, 11) is 0. The number of nitrogens with two attached hydrogens (primary N) is 1. The van der Waals surface area contributed by atoms with Gasteiger partial charge in [0, 0.05) is 4.88 Å². The van der Waals surface area contributed by atoms with Gasteiger partial charge in [0.1, 0.15) is 10.6 Å². The lowest BCUT2D eigenvalue weighted by Gasteiger charge is -2.16. The largest absolute Gasteiger partial charge is 0.457 e. The highest BCUT2D eigenvalue weighted by atomic mass is 32.1. The third kappa shape index (κ3) is 3.40. The second-order valence-corrected chi connectivity index (χ2v) is 7.94. The van der Waals surface area contributed by atoms with Crippen LogP contribution in [0.4, 0.5) is 5.82 Å². The number of rotatable bonds is 3. The molecule has 2 heterocycles. The number of fused-ring (bicyclic) bond motifs is 3. The van der Waals surface area contributed by atoms with E-state index in [2.05, 4.69) is 22.1 Å². The fourth-order valence-corrected chi connectivity index (χ4v) is 5.02. The first-order chi connectivity index (χ1) is 12.2. The number of hydrogen-bond acceptors (Lipinski definition) is 6. The normalized spacial score (nSPS) is 20.2. The van der Waals surface area contributed by atoms with E-state index in [0.717, 1.165) is 42.3 Å². The molecule has 5 nitrogen and oxygen atoms in total. The Labute approximate surface area is 151 Å². The Morgan fingerprint density at radius 1 is 1.24 bits per heavy atom. The summed E-state index contributed by atoms with van der Waals surface area (Å²) in [5.74, 6) is 0.828. The van der Waals surface area contributed by atoms with Crippen molar-refractivity contribution in [2.45, 2.75) is 58.0 Å². The maximum absolute atomic E-state index is 12.2. The van der Waals surface area contributed by atoms with Gasteiger partial charge in [0.05, 0.1) is 11.3 Å². The highest BCUT2D eigenvalue weighted by Gasteiger charge is 2.22. The van der Waals surface area contributed by atoms with Crippen LogP contribution < -0.4 is 5.73 Å². The fourth-order valence-electron chi connectivity index (χ4n) is 3.73. The highest BCUT2D eigenvalue weighted by molar-refractivity contribution is 7.19. The van der Waals surface area contributed by atoms with Gasteiger partial charge in [-0.15, -0.1) is 11.3 Å². The van der Waals surface area contributed by atoms with Crippen molar-refractivity contribution in [2.24, 2.45) is 5.92 Å². The molecular formula is C19H23N3O2S. The van der Waals surface area contributed by atoms with Gasteiger partial charge >= 0.3 is 5.97 Å². The van der Waals surface area contributed by atoms with Crippen LogP contribution in [0.2, 0.25) is 0 Å². The first-order valence-corrected chi connectivity index (χ1v) is 9.92. The average molecular weight is 357 g/mol. The number of hydrogen-bond donors (Lipinski definition) is 1. The molecule has 2 aromatic heterocycles. The minimum Gasteiger partial charge on any atom is -0.457 e. The Hall–Kier alpha value is -1.95. The molecule has 132 valence electrons. The van der Waals surface area contributed by atoms with E-state index in [1.54, 1.807) is 11.3 Å². The molecule has 0 radical (unpaired) electrons. The van der Waals surface area contributed by atoms with Gasteiger partial charge < -0.3 is 10.5 Å². The molecule has 4 rings (SSSR count). The van der Waals surface area contributed by atoms with Crippen LogP contribution in [0, 0.1) is 5.92 Å². The second-order valence-electron chi connectivity index (χ2n) is 6.86. The number of thiophene rings is 1. The zero-order valence-corrected chi connectivity index (χ0v) is 15.1. The number of nitrogens with zero attached hydrogens (tertiary/aromatic N) is 2. The number of allylic oxidation sites excluding steroid dienone is 2. The predicted octanol–water partition coefficient (Wildman–Crippen LogP) is 3.94. The van der Waals surface area contributed by atoms with Crippen LogP contribution in [0.15, 0.2) is 12.2 Å². The molecule has 0 spiro atoms. The maximum atomic E-state index is 12.2. The minimum atomic E-state index is -0.159. The first kappa shape index (κ1) is 16.5. The van der Waals surface area contributed by atoms with Gasteiger partial charge in [-0.25, -0.2) is 9.97 Å². The summed E-state index contributed by atoms with van der Waals surface area (Å²) >= 11 is 1.72. The van der Waals surface area contributed by atoms with E-state index in [9.17, 15) is 4.79 Å². The molecule has 6 heteroatoms. The third-order valence-electron chi connectivity index (χ3n) is 5.08. The van der Waals surface area contributed by atoms with E-state index in [-0.39, 0.29) is 18.5 Å². The standard InChI is InChI=1S/C19H23N3O2S/c20-17-16-13-9-5-2-6-10-14(13)25-18(16)22-15(21-17)11-24-19(23)12-7-3-1-4-8-12/h1,3,12H,2,4-11H2,(H2,20,21,22). The fraction of sp³-hybridized carbons (Fsp3) is 0.526. The summed E-state index contributed by atoms with van der Waals surface area (Å²) in [6.45, 7) is 0.0990. The first-order valence-electron chi connectivity index (χ1n) is 9.10. The van der Waals surface area contributed by atoms with Crippen molar-refractivity contribution in [3.05, 3.63) is 28.4 Å². The molecule has 25 heavy (non-hydrogen) atoms. The Balaban J connectivity index is 1.53. The Morgan fingerprint density at radius 3 is 2.96 bits per heavy atom. The van der Waals surface area contributed by atoms with Crippen molar-refractivity contribution in [3.63, 3.8) is 0 Å². The van der Waals surface area contributed by atoms with Crippen molar-refractivity contribution < 1.29 is 9.53 Å².